The van der Waals surface area contributed by atoms with E-state index in [4.69, 9.17) is 10.8 Å². The first-order valence-electron chi connectivity index (χ1n) is 5.57. The Labute approximate surface area is 105 Å². The largest absolute Gasteiger partial charge is 0.395 e. The first-order valence-corrected chi connectivity index (χ1v) is 6.36. The summed E-state index contributed by atoms with van der Waals surface area (Å²) in [6.07, 6.45) is 1.06. The van der Waals surface area contributed by atoms with Crippen molar-refractivity contribution in [2.45, 2.75) is 19.9 Å². The Balaban J connectivity index is 2.90. The zero-order valence-corrected chi connectivity index (χ0v) is 11.2. The van der Waals surface area contributed by atoms with E-state index in [1.54, 1.807) is 0 Å². The molecule has 0 fully saturated rings. The van der Waals surface area contributed by atoms with E-state index >= 15 is 0 Å². The third kappa shape index (κ3) is 3.47. The molecule has 0 saturated carbocycles. The molecule has 3 nitrogen and oxygen atoms in total. The number of aliphatic hydroxyl groups is 1. The molecule has 1 aromatic carbocycles. The molecule has 0 aliphatic heterocycles. The van der Waals surface area contributed by atoms with Crippen LogP contribution in [0.25, 0.3) is 0 Å². The molecule has 16 heavy (non-hydrogen) atoms. The summed E-state index contributed by atoms with van der Waals surface area (Å²) in [5.41, 5.74) is 7.81. The van der Waals surface area contributed by atoms with Crippen molar-refractivity contribution in [2.75, 3.05) is 24.6 Å². The van der Waals surface area contributed by atoms with Crippen molar-refractivity contribution in [1.82, 2.24) is 0 Å². The molecule has 0 bridgehead atoms. The third-order valence-corrected chi connectivity index (χ3v) is 3.09. The lowest BCUT2D eigenvalue weighted by atomic mass is 10.2. The molecule has 0 aliphatic carbocycles. The van der Waals surface area contributed by atoms with Gasteiger partial charge in [0.2, 0.25) is 0 Å². The van der Waals surface area contributed by atoms with Gasteiger partial charge in [-0.3, -0.25) is 0 Å². The topological polar surface area (TPSA) is 49.5 Å². The van der Waals surface area contributed by atoms with Gasteiger partial charge in [-0.15, -0.1) is 0 Å². The first kappa shape index (κ1) is 13.5. The van der Waals surface area contributed by atoms with Crippen molar-refractivity contribution < 1.29 is 5.11 Å². The predicted octanol–water partition coefficient (Wildman–Crippen LogP) is 2.12. The quantitative estimate of drug-likeness (QED) is 0.842. The summed E-state index contributed by atoms with van der Waals surface area (Å²) in [5.74, 6) is 0. The van der Waals surface area contributed by atoms with Crippen molar-refractivity contribution >= 4 is 21.6 Å². The minimum Gasteiger partial charge on any atom is -0.395 e. The van der Waals surface area contributed by atoms with Crippen LogP contribution in [-0.4, -0.2) is 24.8 Å². The average Bonchev–Trinajstić information content (AvgIpc) is 2.29. The van der Waals surface area contributed by atoms with E-state index in [0.29, 0.717) is 13.1 Å². The molecule has 0 aliphatic rings. The lowest BCUT2D eigenvalue weighted by Gasteiger charge is -2.24. The Morgan fingerprint density at radius 3 is 2.62 bits per heavy atom. The number of rotatable bonds is 6. The molecule has 1 rings (SSSR count). The molecule has 0 saturated heterocycles. The Morgan fingerprint density at radius 2 is 2.12 bits per heavy atom. The molecule has 0 atom stereocenters. The van der Waals surface area contributed by atoms with Crippen molar-refractivity contribution in [3.63, 3.8) is 0 Å². The molecule has 4 heteroatoms. The van der Waals surface area contributed by atoms with E-state index in [1.807, 2.05) is 12.1 Å². The van der Waals surface area contributed by atoms with Gasteiger partial charge < -0.3 is 15.7 Å². The summed E-state index contributed by atoms with van der Waals surface area (Å²) < 4.78 is 1.04. The lowest BCUT2D eigenvalue weighted by molar-refractivity contribution is 0.302. The van der Waals surface area contributed by atoms with Crippen LogP contribution in [0.15, 0.2) is 22.7 Å². The van der Waals surface area contributed by atoms with Crippen LogP contribution in [0.5, 0.6) is 0 Å². The van der Waals surface area contributed by atoms with E-state index in [9.17, 15) is 0 Å². The lowest BCUT2D eigenvalue weighted by Crippen LogP contribution is -2.27. The van der Waals surface area contributed by atoms with Gasteiger partial charge in [0, 0.05) is 24.1 Å². The van der Waals surface area contributed by atoms with E-state index in [-0.39, 0.29) is 6.61 Å². The Bertz CT molecular complexity index is 325. The highest BCUT2D eigenvalue weighted by atomic mass is 79.9. The number of aliphatic hydroxyl groups excluding tert-OH is 1. The molecule has 0 heterocycles. The van der Waals surface area contributed by atoms with E-state index in [0.717, 1.165) is 28.7 Å². The summed E-state index contributed by atoms with van der Waals surface area (Å²) in [6.45, 7) is 4.46. The molecular formula is C12H19BrN2O. The molecule has 0 radical (unpaired) electrons. The summed E-state index contributed by atoms with van der Waals surface area (Å²) in [6, 6.07) is 6.12. The monoisotopic (exact) mass is 286 g/mol. The van der Waals surface area contributed by atoms with Crippen molar-refractivity contribution in [2.24, 2.45) is 5.73 Å². The second kappa shape index (κ2) is 6.89. The fraction of sp³-hybridized carbons (Fsp3) is 0.500. The average molecular weight is 287 g/mol. The van der Waals surface area contributed by atoms with Crippen molar-refractivity contribution in [3.05, 3.63) is 28.2 Å². The highest BCUT2D eigenvalue weighted by Gasteiger charge is 2.08. The van der Waals surface area contributed by atoms with Gasteiger partial charge in [-0.25, -0.2) is 0 Å². The zero-order valence-electron chi connectivity index (χ0n) is 9.62. The van der Waals surface area contributed by atoms with Crippen LogP contribution in [-0.2, 0) is 6.54 Å². The minimum atomic E-state index is 0.172. The molecule has 0 amide bonds. The van der Waals surface area contributed by atoms with Crippen LogP contribution in [0.4, 0.5) is 5.69 Å². The normalized spacial score (nSPS) is 10.5. The Morgan fingerprint density at radius 1 is 1.38 bits per heavy atom. The molecule has 0 spiro atoms. The van der Waals surface area contributed by atoms with Crippen molar-refractivity contribution in [1.29, 1.82) is 0 Å². The van der Waals surface area contributed by atoms with Gasteiger partial charge in [-0.2, -0.15) is 0 Å². The van der Waals surface area contributed by atoms with Crippen molar-refractivity contribution in [3.8, 4) is 0 Å². The maximum atomic E-state index is 9.04. The number of nitrogens with two attached hydrogens (primary N) is 1. The molecule has 1 aromatic rings. The van der Waals surface area contributed by atoms with Gasteiger partial charge in [0.15, 0.2) is 0 Å². The Hall–Kier alpha value is -0.580. The van der Waals surface area contributed by atoms with Crippen LogP contribution in [0.3, 0.4) is 0 Å². The number of benzene rings is 1. The van der Waals surface area contributed by atoms with Gasteiger partial charge in [0.25, 0.3) is 0 Å². The van der Waals surface area contributed by atoms with Gasteiger partial charge in [0.1, 0.15) is 0 Å². The Kier molecular flexibility index (Phi) is 5.80. The van der Waals surface area contributed by atoms with Crippen LogP contribution in [0.1, 0.15) is 18.9 Å². The standard InChI is InChI=1S/C12H19BrN2O/c1-2-5-15(6-7-16)12-4-3-10(9-14)8-11(12)13/h3-4,8,16H,2,5-7,9,14H2,1H3. The molecule has 3 N–H and O–H groups in total. The molecule has 0 aromatic heterocycles. The van der Waals surface area contributed by atoms with Crippen LogP contribution >= 0.6 is 15.9 Å². The number of hydrogen-bond acceptors (Lipinski definition) is 3. The minimum absolute atomic E-state index is 0.172. The highest BCUT2D eigenvalue weighted by Crippen LogP contribution is 2.27. The van der Waals surface area contributed by atoms with Crippen LogP contribution < -0.4 is 10.6 Å². The molecule has 90 valence electrons. The summed E-state index contributed by atoms with van der Waals surface area (Å²) in [5, 5.41) is 9.04. The SMILES string of the molecule is CCCN(CCO)c1ccc(CN)cc1Br. The zero-order chi connectivity index (χ0) is 12.0. The number of hydrogen-bond donors (Lipinski definition) is 2. The van der Waals surface area contributed by atoms with Crippen LogP contribution in [0.2, 0.25) is 0 Å². The van der Waals surface area contributed by atoms with E-state index in [1.165, 1.54) is 0 Å². The summed E-state index contributed by atoms with van der Waals surface area (Å²) in [7, 11) is 0. The summed E-state index contributed by atoms with van der Waals surface area (Å²) in [4.78, 5) is 2.17. The maximum Gasteiger partial charge on any atom is 0.0606 e. The third-order valence-electron chi connectivity index (χ3n) is 2.45. The maximum absolute atomic E-state index is 9.04. The molecule has 0 unspecified atom stereocenters. The number of anilines is 1. The second-order valence-electron chi connectivity index (χ2n) is 3.70. The highest BCUT2D eigenvalue weighted by molar-refractivity contribution is 9.10. The van der Waals surface area contributed by atoms with Crippen LogP contribution in [0, 0.1) is 0 Å². The molecular weight excluding hydrogens is 268 g/mol. The second-order valence-corrected chi connectivity index (χ2v) is 4.55. The van der Waals surface area contributed by atoms with Gasteiger partial charge in [0.05, 0.1) is 12.3 Å². The summed E-state index contributed by atoms with van der Waals surface area (Å²) >= 11 is 3.55. The number of halogens is 1. The van der Waals surface area contributed by atoms with Gasteiger partial charge in [-0.1, -0.05) is 13.0 Å². The first-order chi connectivity index (χ1) is 7.72. The predicted molar refractivity (Wildman–Crippen MR) is 71.6 cm³/mol. The van der Waals surface area contributed by atoms with Gasteiger partial charge in [-0.05, 0) is 40.0 Å². The smallest absolute Gasteiger partial charge is 0.0606 e. The fourth-order valence-electron chi connectivity index (χ4n) is 1.68. The fourth-order valence-corrected chi connectivity index (χ4v) is 2.35. The number of nitrogens with zero attached hydrogens (tertiary/aromatic N) is 1. The van der Waals surface area contributed by atoms with Gasteiger partial charge >= 0.3 is 0 Å². The van der Waals surface area contributed by atoms with E-state index in [2.05, 4.69) is 33.8 Å². The van der Waals surface area contributed by atoms with E-state index < -0.39 is 0 Å².